The Hall–Kier alpha value is -2.80. The molecule has 0 bridgehead atoms. The molecule has 0 saturated carbocycles. The second-order valence-electron chi connectivity index (χ2n) is 4.55. The number of benzene rings is 2. The summed E-state index contributed by atoms with van der Waals surface area (Å²) >= 11 is 0. The predicted molar refractivity (Wildman–Crippen MR) is 81.5 cm³/mol. The van der Waals surface area contributed by atoms with Crippen LogP contribution in [0.4, 0.5) is 5.69 Å². The zero-order valence-corrected chi connectivity index (χ0v) is 12.0. The third-order valence-corrected chi connectivity index (χ3v) is 3.04. The topological polar surface area (TPSA) is 62.1 Å². The van der Waals surface area contributed by atoms with E-state index in [1.54, 1.807) is 36.4 Å². The molecule has 0 spiro atoms. The zero-order valence-electron chi connectivity index (χ0n) is 12.0. The first kappa shape index (κ1) is 14.6. The van der Waals surface area contributed by atoms with E-state index in [1.807, 2.05) is 19.9 Å². The summed E-state index contributed by atoms with van der Waals surface area (Å²) in [4.78, 5) is 12.2. The van der Waals surface area contributed by atoms with Gasteiger partial charge < -0.3 is 10.1 Å². The molecular formula is C17H16N2O2. The number of nitrogens with zero attached hydrogens (tertiary/aromatic N) is 1. The Balaban J connectivity index is 2.16. The third kappa shape index (κ3) is 3.61. The largest absolute Gasteiger partial charge is 0.494 e. The highest BCUT2D eigenvalue weighted by molar-refractivity contribution is 6.04. The Kier molecular flexibility index (Phi) is 4.57. The van der Waals surface area contributed by atoms with Gasteiger partial charge in [0, 0.05) is 11.3 Å². The lowest BCUT2D eigenvalue weighted by atomic mass is 10.1. The number of carbonyl (C=O) groups is 1. The van der Waals surface area contributed by atoms with Crippen LogP contribution in [0.5, 0.6) is 5.75 Å². The Morgan fingerprint density at radius 1 is 1.24 bits per heavy atom. The highest BCUT2D eigenvalue weighted by Crippen LogP contribution is 2.18. The van der Waals surface area contributed by atoms with Crippen molar-refractivity contribution in [2.45, 2.75) is 13.8 Å². The second kappa shape index (κ2) is 6.58. The summed E-state index contributed by atoms with van der Waals surface area (Å²) in [5, 5.41) is 11.7. The lowest BCUT2D eigenvalue weighted by Crippen LogP contribution is -2.12. The normalized spacial score (nSPS) is 9.76. The first-order chi connectivity index (χ1) is 10.1. The fraction of sp³-hybridized carbons (Fsp3) is 0.176. The Labute approximate surface area is 124 Å². The molecule has 0 fully saturated rings. The van der Waals surface area contributed by atoms with Crippen molar-refractivity contribution in [1.82, 2.24) is 0 Å². The molecule has 2 aromatic rings. The minimum Gasteiger partial charge on any atom is -0.494 e. The van der Waals surface area contributed by atoms with Crippen molar-refractivity contribution in [2.24, 2.45) is 0 Å². The van der Waals surface area contributed by atoms with Crippen LogP contribution >= 0.6 is 0 Å². The van der Waals surface area contributed by atoms with Crippen LogP contribution in [0, 0.1) is 18.3 Å². The number of hydrogen-bond donors (Lipinski definition) is 1. The molecule has 106 valence electrons. The number of aryl methyl sites for hydroxylation is 1. The molecule has 2 aromatic carbocycles. The third-order valence-electron chi connectivity index (χ3n) is 3.04. The highest BCUT2D eigenvalue weighted by Gasteiger charge is 2.08. The van der Waals surface area contributed by atoms with Gasteiger partial charge in [-0.25, -0.2) is 0 Å². The fourth-order valence-electron chi connectivity index (χ4n) is 1.89. The molecule has 1 amide bonds. The molecule has 21 heavy (non-hydrogen) atoms. The quantitative estimate of drug-likeness (QED) is 0.932. The van der Waals surface area contributed by atoms with E-state index in [0.717, 1.165) is 11.3 Å². The molecule has 0 saturated heterocycles. The SMILES string of the molecule is CCOc1ccc(C(=O)Nc2cc(C#N)ccc2C)cc1. The van der Waals surface area contributed by atoms with E-state index in [1.165, 1.54) is 0 Å². The molecule has 0 heterocycles. The Morgan fingerprint density at radius 2 is 1.95 bits per heavy atom. The van der Waals surface area contributed by atoms with E-state index in [4.69, 9.17) is 10.00 Å². The van der Waals surface area contributed by atoms with Crippen LogP contribution in [0.25, 0.3) is 0 Å². The standard InChI is InChI=1S/C17H16N2O2/c1-3-21-15-8-6-14(7-9-15)17(20)19-16-10-13(11-18)5-4-12(16)2/h4-10H,3H2,1-2H3,(H,19,20). The van der Waals surface area contributed by atoms with Crippen LogP contribution in [-0.2, 0) is 0 Å². The van der Waals surface area contributed by atoms with Gasteiger partial charge in [-0.15, -0.1) is 0 Å². The van der Waals surface area contributed by atoms with Crippen LogP contribution in [0.2, 0.25) is 0 Å². The molecule has 0 aliphatic carbocycles. The Morgan fingerprint density at radius 3 is 2.57 bits per heavy atom. The van der Waals surface area contributed by atoms with Gasteiger partial charge in [0.2, 0.25) is 0 Å². The number of rotatable bonds is 4. The van der Waals surface area contributed by atoms with Crippen molar-refractivity contribution in [3.63, 3.8) is 0 Å². The highest BCUT2D eigenvalue weighted by atomic mass is 16.5. The van der Waals surface area contributed by atoms with Crippen LogP contribution in [-0.4, -0.2) is 12.5 Å². The first-order valence-electron chi connectivity index (χ1n) is 6.69. The van der Waals surface area contributed by atoms with E-state index in [2.05, 4.69) is 11.4 Å². The first-order valence-corrected chi connectivity index (χ1v) is 6.69. The summed E-state index contributed by atoms with van der Waals surface area (Å²) in [6.45, 7) is 4.38. The van der Waals surface area contributed by atoms with Crippen LogP contribution in [0.1, 0.15) is 28.4 Å². The predicted octanol–water partition coefficient (Wildman–Crippen LogP) is 3.52. The number of nitrogens with one attached hydrogen (secondary N) is 1. The van der Waals surface area contributed by atoms with Crippen molar-refractivity contribution < 1.29 is 9.53 Å². The molecule has 0 unspecified atom stereocenters. The summed E-state index contributed by atoms with van der Waals surface area (Å²) in [7, 11) is 0. The van der Waals surface area contributed by atoms with Crippen molar-refractivity contribution in [2.75, 3.05) is 11.9 Å². The number of carbonyl (C=O) groups excluding carboxylic acids is 1. The van der Waals surface area contributed by atoms with Gasteiger partial charge >= 0.3 is 0 Å². The van der Waals surface area contributed by atoms with Gasteiger partial charge in [-0.2, -0.15) is 5.26 Å². The monoisotopic (exact) mass is 280 g/mol. The number of nitriles is 1. The molecule has 2 rings (SSSR count). The summed E-state index contributed by atoms with van der Waals surface area (Å²) in [6, 6.07) is 14.2. The van der Waals surface area contributed by atoms with Crippen molar-refractivity contribution in [3.8, 4) is 11.8 Å². The van der Waals surface area contributed by atoms with Crippen LogP contribution in [0.3, 0.4) is 0 Å². The molecular weight excluding hydrogens is 264 g/mol. The van der Waals surface area contributed by atoms with E-state index < -0.39 is 0 Å². The van der Waals surface area contributed by atoms with Gasteiger partial charge in [-0.3, -0.25) is 4.79 Å². The van der Waals surface area contributed by atoms with Crippen molar-refractivity contribution >= 4 is 11.6 Å². The number of ether oxygens (including phenoxy) is 1. The maximum atomic E-state index is 12.2. The number of hydrogen-bond acceptors (Lipinski definition) is 3. The summed E-state index contributed by atoms with van der Waals surface area (Å²) in [5.74, 6) is 0.521. The molecule has 1 N–H and O–H groups in total. The van der Waals surface area contributed by atoms with Gasteiger partial charge in [0.05, 0.1) is 18.2 Å². The minimum absolute atomic E-state index is 0.212. The average molecular weight is 280 g/mol. The molecule has 4 nitrogen and oxygen atoms in total. The molecule has 0 radical (unpaired) electrons. The lowest BCUT2D eigenvalue weighted by Gasteiger charge is -2.09. The maximum Gasteiger partial charge on any atom is 0.255 e. The van der Waals surface area contributed by atoms with Gasteiger partial charge in [0.1, 0.15) is 5.75 Å². The van der Waals surface area contributed by atoms with E-state index in [-0.39, 0.29) is 5.91 Å². The molecule has 0 aliphatic rings. The van der Waals surface area contributed by atoms with Gasteiger partial charge in [-0.05, 0) is 55.8 Å². The van der Waals surface area contributed by atoms with Gasteiger partial charge in [-0.1, -0.05) is 6.07 Å². The number of amides is 1. The Bertz CT molecular complexity index is 685. The number of anilines is 1. The van der Waals surface area contributed by atoms with E-state index in [0.29, 0.717) is 23.4 Å². The van der Waals surface area contributed by atoms with Crippen molar-refractivity contribution in [3.05, 3.63) is 59.2 Å². The molecule has 4 heteroatoms. The average Bonchev–Trinajstić information content (AvgIpc) is 2.50. The summed E-state index contributed by atoms with van der Waals surface area (Å²) in [6.07, 6.45) is 0. The zero-order chi connectivity index (χ0) is 15.2. The smallest absolute Gasteiger partial charge is 0.255 e. The molecule has 0 atom stereocenters. The van der Waals surface area contributed by atoms with Crippen molar-refractivity contribution in [1.29, 1.82) is 5.26 Å². The van der Waals surface area contributed by atoms with Gasteiger partial charge in [0.25, 0.3) is 5.91 Å². The second-order valence-corrected chi connectivity index (χ2v) is 4.55. The summed E-state index contributed by atoms with van der Waals surface area (Å²) in [5.41, 5.74) is 2.61. The van der Waals surface area contributed by atoms with Crippen LogP contribution < -0.4 is 10.1 Å². The van der Waals surface area contributed by atoms with E-state index >= 15 is 0 Å². The summed E-state index contributed by atoms with van der Waals surface area (Å²) < 4.78 is 5.34. The molecule has 0 aliphatic heterocycles. The van der Waals surface area contributed by atoms with Crippen LogP contribution in [0.15, 0.2) is 42.5 Å². The molecule has 0 aromatic heterocycles. The maximum absolute atomic E-state index is 12.2. The van der Waals surface area contributed by atoms with Gasteiger partial charge in [0.15, 0.2) is 0 Å². The van der Waals surface area contributed by atoms with E-state index in [9.17, 15) is 4.79 Å². The fourth-order valence-corrected chi connectivity index (χ4v) is 1.89. The minimum atomic E-state index is -0.212. The lowest BCUT2D eigenvalue weighted by molar-refractivity contribution is 0.102.